The molecule has 1 atom stereocenters. The molecule has 1 N–H and O–H groups in total. The first-order valence-corrected chi connectivity index (χ1v) is 8.65. The molecule has 146 valence electrons. The maximum Gasteiger partial charge on any atom is 0.417 e. The number of hydrogen-bond donors (Lipinski definition) is 1. The van der Waals surface area contributed by atoms with Crippen molar-refractivity contribution in [2.45, 2.75) is 6.04 Å². The van der Waals surface area contributed by atoms with Gasteiger partial charge in [0.15, 0.2) is 13.2 Å². The summed E-state index contributed by atoms with van der Waals surface area (Å²) in [5, 5.41) is 2.80. The molecule has 8 nitrogen and oxygen atoms in total. The molecule has 1 aliphatic rings. The lowest BCUT2D eigenvalue weighted by Gasteiger charge is -2.22. The predicted octanol–water partition coefficient (Wildman–Crippen LogP) is 1.91. The second-order valence-electron chi connectivity index (χ2n) is 6.05. The number of nitrogens with zero attached hydrogens (tertiary/aromatic N) is 1. The highest BCUT2D eigenvalue weighted by molar-refractivity contribution is 5.97. The van der Waals surface area contributed by atoms with Crippen molar-refractivity contribution in [3.8, 4) is 11.5 Å². The number of nitrogens with one attached hydrogen (secondary N) is 1. The molecule has 3 amide bonds. The molecule has 0 saturated carbocycles. The topological polar surface area (TPSA) is 94.2 Å². The molecule has 0 bridgehead atoms. The average molecular weight is 384 g/mol. The summed E-state index contributed by atoms with van der Waals surface area (Å²) >= 11 is 0. The lowest BCUT2D eigenvalue weighted by atomic mass is 10.1. The summed E-state index contributed by atoms with van der Waals surface area (Å²) < 4.78 is 15.3. The van der Waals surface area contributed by atoms with Gasteiger partial charge in [-0.3, -0.25) is 9.59 Å². The number of methoxy groups -OCH3 is 1. The minimum atomic E-state index is -0.713. The van der Waals surface area contributed by atoms with Crippen LogP contribution in [0.25, 0.3) is 0 Å². The van der Waals surface area contributed by atoms with E-state index in [0.29, 0.717) is 11.5 Å². The first-order valence-electron chi connectivity index (χ1n) is 8.65. The molecular formula is C20H20N2O6. The van der Waals surface area contributed by atoms with E-state index >= 15 is 0 Å². The van der Waals surface area contributed by atoms with Crippen LogP contribution in [0, 0.1) is 0 Å². The van der Waals surface area contributed by atoms with Gasteiger partial charge in [0.1, 0.15) is 11.5 Å². The van der Waals surface area contributed by atoms with Crippen LogP contribution in [0.2, 0.25) is 0 Å². The Morgan fingerprint density at radius 3 is 2.39 bits per heavy atom. The Morgan fingerprint density at radius 1 is 1.11 bits per heavy atom. The first kappa shape index (κ1) is 19.2. The van der Waals surface area contributed by atoms with Crippen molar-refractivity contribution in [2.75, 3.05) is 26.9 Å². The van der Waals surface area contributed by atoms with E-state index in [-0.39, 0.29) is 25.7 Å². The maximum absolute atomic E-state index is 12.4. The quantitative estimate of drug-likeness (QED) is 0.747. The zero-order chi connectivity index (χ0) is 19.9. The molecule has 0 aromatic heterocycles. The Labute approximate surface area is 162 Å². The fraction of sp³-hybridized carbons (Fsp3) is 0.250. The van der Waals surface area contributed by atoms with Crippen LogP contribution in [0.4, 0.5) is 4.79 Å². The SMILES string of the molecule is COc1ccc(OCC(=O)NC(CN2C(=O)COC2=O)c2ccccc2)cc1. The molecule has 8 heteroatoms. The van der Waals surface area contributed by atoms with Gasteiger partial charge >= 0.3 is 6.09 Å². The smallest absolute Gasteiger partial charge is 0.417 e. The number of imide groups is 1. The van der Waals surface area contributed by atoms with Crippen LogP contribution in [0.5, 0.6) is 11.5 Å². The zero-order valence-corrected chi connectivity index (χ0v) is 15.3. The van der Waals surface area contributed by atoms with Crippen molar-refractivity contribution >= 4 is 17.9 Å². The molecule has 3 rings (SSSR count). The van der Waals surface area contributed by atoms with Crippen LogP contribution < -0.4 is 14.8 Å². The average Bonchev–Trinajstić information content (AvgIpc) is 3.04. The van der Waals surface area contributed by atoms with Crippen LogP contribution in [0.3, 0.4) is 0 Å². The highest BCUT2D eigenvalue weighted by atomic mass is 16.6. The van der Waals surface area contributed by atoms with Gasteiger partial charge in [0.2, 0.25) is 0 Å². The van der Waals surface area contributed by atoms with E-state index in [2.05, 4.69) is 5.32 Å². The molecule has 2 aromatic carbocycles. The Balaban J connectivity index is 1.63. The van der Waals surface area contributed by atoms with E-state index in [0.717, 1.165) is 10.5 Å². The number of amides is 3. The monoisotopic (exact) mass is 384 g/mol. The normalized spacial score (nSPS) is 14.4. The van der Waals surface area contributed by atoms with Gasteiger partial charge in [0.25, 0.3) is 11.8 Å². The van der Waals surface area contributed by atoms with Crippen molar-refractivity contribution in [1.29, 1.82) is 0 Å². The Bertz CT molecular complexity index is 822. The lowest BCUT2D eigenvalue weighted by molar-refractivity contribution is -0.128. The molecule has 1 unspecified atom stereocenters. The summed E-state index contributed by atoms with van der Waals surface area (Å²) in [6, 6.07) is 15.3. The molecule has 1 aliphatic heterocycles. The van der Waals surface area contributed by atoms with Gasteiger partial charge < -0.3 is 19.5 Å². The summed E-state index contributed by atoms with van der Waals surface area (Å²) in [6.07, 6.45) is -0.713. The molecule has 1 saturated heterocycles. The van der Waals surface area contributed by atoms with E-state index in [9.17, 15) is 14.4 Å². The predicted molar refractivity (Wildman–Crippen MR) is 98.9 cm³/mol. The number of rotatable bonds is 8. The van der Waals surface area contributed by atoms with Gasteiger partial charge in [-0.15, -0.1) is 0 Å². The third kappa shape index (κ3) is 4.79. The van der Waals surface area contributed by atoms with Crippen LogP contribution in [-0.4, -0.2) is 49.7 Å². The summed E-state index contributed by atoms with van der Waals surface area (Å²) in [4.78, 5) is 36.9. The van der Waals surface area contributed by atoms with Gasteiger partial charge in [0, 0.05) is 0 Å². The van der Waals surface area contributed by atoms with Crippen molar-refractivity contribution in [2.24, 2.45) is 0 Å². The molecule has 28 heavy (non-hydrogen) atoms. The van der Waals surface area contributed by atoms with E-state index in [4.69, 9.17) is 14.2 Å². The molecule has 2 aromatic rings. The molecule has 0 radical (unpaired) electrons. The first-order chi connectivity index (χ1) is 13.6. The third-order valence-electron chi connectivity index (χ3n) is 4.17. The van der Waals surface area contributed by atoms with E-state index in [1.807, 2.05) is 18.2 Å². The summed E-state index contributed by atoms with van der Waals surface area (Å²) in [5.74, 6) is 0.382. The second-order valence-corrected chi connectivity index (χ2v) is 6.05. The standard InChI is InChI=1S/C20H20N2O6/c1-26-15-7-9-16(10-8-15)27-12-18(23)21-17(14-5-3-2-4-6-14)11-22-19(24)13-28-20(22)25/h2-10,17H,11-13H2,1H3,(H,21,23). The van der Waals surface area contributed by atoms with Crippen molar-refractivity contribution in [1.82, 2.24) is 10.2 Å². The number of carbonyl (C=O) groups excluding carboxylic acids is 3. The highest BCUT2D eigenvalue weighted by Crippen LogP contribution is 2.19. The lowest BCUT2D eigenvalue weighted by Crippen LogP contribution is -2.41. The van der Waals surface area contributed by atoms with E-state index < -0.39 is 18.0 Å². The second kappa shape index (κ2) is 8.90. The number of carbonyl (C=O) groups is 3. The molecule has 1 fully saturated rings. The highest BCUT2D eigenvalue weighted by Gasteiger charge is 2.33. The summed E-state index contributed by atoms with van der Waals surface area (Å²) in [5.41, 5.74) is 0.757. The Morgan fingerprint density at radius 2 is 1.79 bits per heavy atom. The maximum atomic E-state index is 12.4. The molecule has 0 aliphatic carbocycles. The van der Waals surface area contributed by atoms with Crippen LogP contribution in [0.15, 0.2) is 54.6 Å². The number of benzene rings is 2. The molecule has 0 spiro atoms. The number of ether oxygens (including phenoxy) is 3. The molecule has 1 heterocycles. The van der Waals surface area contributed by atoms with Gasteiger partial charge in [-0.1, -0.05) is 30.3 Å². The van der Waals surface area contributed by atoms with Gasteiger partial charge in [-0.25, -0.2) is 9.69 Å². The number of cyclic esters (lactones) is 1. The fourth-order valence-electron chi connectivity index (χ4n) is 2.72. The van der Waals surface area contributed by atoms with Gasteiger partial charge in [0.05, 0.1) is 19.7 Å². The minimum absolute atomic E-state index is 0.0179. The van der Waals surface area contributed by atoms with Crippen molar-refractivity contribution in [3.05, 3.63) is 60.2 Å². The van der Waals surface area contributed by atoms with Crippen LogP contribution in [-0.2, 0) is 14.3 Å². The van der Waals surface area contributed by atoms with E-state index in [1.165, 1.54) is 0 Å². The van der Waals surface area contributed by atoms with Crippen LogP contribution in [0.1, 0.15) is 11.6 Å². The van der Waals surface area contributed by atoms with Gasteiger partial charge in [-0.2, -0.15) is 0 Å². The third-order valence-corrected chi connectivity index (χ3v) is 4.17. The Kier molecular flexibility index (Phi) is 6.11. The summed E-state index contributed by atoms with van der Waals surface area (Å²) in [6.45, 7) is -0.515. The largest absolute Gasteiger partial charge is 0.497 e. The zero-order valence-electron chi connectivity index (χ0n) is 15.3. The number of hydrogen-bond acceptors (Lipinski definition) is 6. The van der Waals surface area contributed by atoms with Crippen molar-refractivity contribution in [3.63, 3.8) is 0 Å². The van der Waals surface area contributed by atoms with Crippen molar-refractivity contribution < 1.29 is 28.6 Å². The van der Waals surface area contributed by atoms with E-state index in [1.54, 1.807) is 43.5 Å². The Hall–Kier alpha value is -3.55. The molecular weight excluding hydrogens is 364 g/mol. The van der Waals surface area contributed by atoms with Crippen LogP contribution >= 0.6 is 0 Å². The minimum Gasteiger partial charge on any atom is -0.497 e. The summed E-state index contributed by atoms with van der Waals surface area (Å²) in [7, 11) is 1.56. The fourth-order valence-corrected chi connectivity index (χ4v) is 2.72. The van der Waals surface area contributed by atoms with Gasteiger partial charge in [-0.05, 0) is 29.8 Å².